The second kappa shape index (κ2) is 6.67. The van der Waals surface area contributed by atoms with Gasteiger partial charge in [0, 0.05) is 5.69 Å². The van der Waals surface area contributed by atoms with Crippen molar-refractivity contribution in [3.63, 3.8) is 0 Å². The molecule has 2 aromatic rings. The second-order valence-corrected chi connectivity index (χ2v) is 6.46. The van der Waals surface area contributed by atoms with Crippen LogP contribution in [0.15, 0.2) is 53.4 Å². The molecule has 0 aliphatic rings. The van der Waals surface area contributed by atoms with E-state index in [1.54, 1.807) is 12.1 Å². The molecule has 0 bridgehead atoms. The Balaban J connectivity index is 1.95. The molecule has 0 saturated carbocycles. The number of nitrogens with one attached hydrogen (secondary N) is 2. The van der Waals surface area contributed by atoms with E-state index < -0.39 is 28.3 Å². The third-order valence-corrected chi connectivity index (χ3v) is 4.30. The predicted molar refractivity (Wildman–Crippen MR) is 81.4 cm³/mol. The number of halogens is 1. The molecule has 2 N–H and O–H groups in total. The van der Waals surface area contributed by atoms with Crippen LogP contribution in [0.5, 0.6) is 0 Å². The Labute approximate surface area is 128 Å². The fourth-order valence-electron chi connectivity index (χ4n) is 1.70. The minimum absolute atomic E-state index is 0.1000. The van der Waals surface area contributed by atoms with E-state index in [1.807, 2.05) is 19.1 Å². The van der Waals surface area contributed by atoms with Gasteiger partial charge in [0.25, 0.3) is 0 Å². The number of hydrogen-bond donors (Lipinski definition) is 2. The summed E-state index contributed by atoms with van der Waals surface area (Å²) in [4.78, 5) is 11.6. The number of sulfonamides is 1. The number of carbonyl (C=O) groups excluding carboxylic acids is 1. The van der Waals surface area contributed by atoms with E-state index >= 15 is 0 Å². The van der Waals surface area contributed by atoms with Gasteiger partial charge in [0.1, 0.15) is 5.82 Å². The van der Waals surface area contributed by atoms with Gasteiger partial charge in [-0.3, -0.25) is 4.79 Å². The van der Waals surface area contributed by atoms with Crippen LogP contribution < -0.4 is 10.0 Å². The molecule has 0 radical (unpaired) electrons. The number of anilines is 1. The molecule has 0 unspecified atom stereocenters. The summed E-state index contributed by atoms with van der Waals surface area (Å²) in [5.74, 6) is -1.02. The highest BCUT2D eigenvalue weighted by Crippen LogP contribution is 2.10. The molecule has 0 fully saturated rings. The van der Waals surface area contributed by atoms with Crippen molar-refractivity contribution in [2.75, 3.05) is 11.9 Å². The maximum absolute atomic E-state index is 12.8. The molecule has 22 heavy (non-hydrogen) atoms. The lowest BCUT2D eigenvalue weighted by Gasteiger charge is -2.08. The van der Waals surface area contributed by atoms with Crippen LogP contribution in [0.3, 0.4) is 0 Å². The molecule has 0 atom stereocenters. The summed E-state index contributed by atoms with van der Waals surface area (Å²) in [6.45, 7) is 1.51. The average molecular weight is 322 g/mol. The summed E-state index contributed by atoms with van der Waals surface area (Å²) in [5.41, 5.74) is 1.63. The molecule has 1 amide bonds. The van der Waals surface area contributed by atoms with Crippen molar-refractivity contribution >= 4 is 21.6 Å². The average Bonchev–Trinajstić information content (AvgIpc) is 2.48. The molecule has 0 saturated heterocycles. The first-order chi connectivity index (χ1) is 10.4. The van der Waals surface area contributed by atoms with Gasteiger partial charge in [0.15, 0.2) is 0 Å². The molecule has 0 heterocycles. The van der Waals surface area contributed by atoms with Gasteiger partial charge in [0.05, 0.1) is 11.4 Å². The third-order valence-electron chi connectivity index (χ3n) is 2.88. The van der Waals surface area contributed by atoms with Gasteiger partial charge in [-0.2, -0.15) is 0 Å². The number of carbonyl (C=O) groups is 1. The van der Waals surface area contributed by atoms with Gasteiger partial charge >= 0.3 is 0 Å². The van der Waals surface area contributed by atoms with E-state index in [4.69, 9.17) is 0 Å². The summed E-state index contributed by atoms with van der Waals surface area (Å²) >= 11 is 0. The molecule has 2 rings (SSSR count). The number of benzene rings is 2. The molecule has 0 spiro atoms. The Hall–Kier alpha value is -2.25. The Bertz CT molecular complexity index is 756. The number of amides is 1. The lowest BCUT2D eigenvalue weighted by atomic mass is 10.2. The minimum Gasteiger partial charge on any atom is -0.325 e. The Kier molecular flexibility index (Phi) is 4.89. The monoisotopic (exact) mass is 322 g/mol. The van der Waals surface area contributed by atoms with Crippen molar-refractivity contribution < 1.29 is 17.6 Å². The molecule has 0 aliphatic heterocycles. The molecule has 7 heteroatoms. The zero-order chi connectivity index (χ0) is 16.2. The summed E-state index contributed by atoms with van der Waals surface area (Å²) in [6, 6.07) is 11.5. The lowest BCUT2D eigenvalue weighted by molar-refractivity contribution is -0.115. The molecule has 0 aromatic heterocycles. The molecule has 5 nitrogen and oxygen atoms in total. The van der Waals surface area contributed by atoms with E-state index in [0.29, 0.717) is 5.69 Å². The largest absolute Gasteiger partial charge is 0.325 e. The highest BCUT2D eigenvalue weighted by atomic mass is 32.2. The Morgan fingerprint density at radius 2 is 1.64 bits per heavy atom. The van der Waals surface area contributed by atoms with E-state index in [0.717, 1.165) is 29.8 Å². The van der Waals surface area contributed by atoms with Crippen LogP contribution in [0.4, 0.5) is 10.1 Å². The third kappa shape index (κ3) is 4.37. The topological polar surface area (TPSA) is 75.3 Å². The zero-order valence-electron chi connectivity index (χ0n) is 11.8. The molecule has 116 valence electrons. The van der Waals surface area contributed by atoms with Crippen molar-refractivity contribution in [2.45, 2.75) is 11.8 Å². The first kappa shape index (κ1) is 16.1. The first-order valence-corrected chi connectivity index (χ1v) is 7.97. The van der Waals surface area contributed by atoms with Crippen molar-refractivity contribution in [2.24, 2.45) is 0 Å². The van der Waals surface area contributed by atoms with E-state index in [2.05, 4.69) is 10.0 Å². The molecular formula is C15H15FN2O3S. The number of hydrogen-bond acceptors (Lipinski definition) is 3. The zero-order valence-corrected chi connectivity index (χ0v) is 12.7. The standard InChI is InChI=1S/C15H15FN2O3S/c1-11-2-6-13(7-3-11)18-15(19)10-17-22(20,21)14-8-4-12(16)5-9-14/h2-9,17H,10H2,1H3,(H,18,19). The first-order valence-electron chi connectivity index (χ1n) is 6.48. The van der Waals surface area contributed by atoms with Gasteiger partial charge < -0.3 is 5.32 Å². The SMILES string of the molecule is Cc1ccc(NC(=O)CNS(=O)(=O)c2ccc(F)cc2)cc1. The van der Waals surface area contributed by atoms with Crippen molar-refractivity contribution in [3.8, 4) is 0 Å². The molecular weight excluding hydrogens is 307 g/mol. The Morgan fingerprint density at radius 1 is 1.05 bits per heavy atom. The summed E-state index contributed by atoms with van der Waals surface area (Å²) in [7, 11) is -3.85. The van der Waals surface area contributed by atoms with E-state index in [-0.39, 0.29) is 4.90 Å². The van der Waals surface area contributed by atoms with Gasteiger partial charge in [-0.1, -0.05) is 17.7 Å². The van der Waals surface area contributed by atoms with Crippen molar-refractivity contribution in [1.29, 1.82) is 0 Å². The van der Waals surface area contributed by atoms with Crippen LogP contribution in [0, 0.1) is 12.7 Å². The van der Waals surface area contributed by atoms with Crippen LogP contribution in [0.1, 0.15) is 5.56 Å². The highest BCUT2D eigenvalue weighted by molar-refractivity contribution is 7.89. The number of rotatable bonds is 5. The van der Waals surface area contributed by atoms with Gasteiger partial charge in [-0.15, -0.1) is 0 Å². The highest BCUT2D eigenvalue weighted by Gasteiger charge is 2.15. The van der Waals surface area contributed by atoms with Crippen LogP contribution in [0.2, 0.25) is 0 Å². The molecule has 2 aromatic carbocycles. The van der Waals surface area contributed by atoms with Crippen molar-refractivity contribution in [1.82, 2.24) is 4.72 Å². The van der Waals surface area contributed by atoms with Crippen molar-refractivity contribution in [3.05, 3.63) is 59.9 Å². The maximum atomic E-state index is 12.8. The normalized spacial score (nSPS) is 11.2. The summed E-state index contributed by atoms with van der Waals surface area (Å²) < 4.78 is 38.8. The van der Waals surface area contributed by atoms with Gasteiger partial charge in [-0.05, 0) is 43.3 Å². The second-order valence-electron chi connectivity index (χ2n) is 4.69. The summed E-state index contributed by atoms with van der Waals surface area (Å²) in [6.07, 6.45) is 0. The van der Waals surface area contributed by atoms with Gasteiger partial charge in [-0.25, -0.2) is 17.5 Å². The van der Waals surface area contributed by atoms with Crippen LogP contribution >= 0.6 is 0 Å². The minimum atomic E-state index is -3.85. The van der Waals surface area contributed by atoms with Gasteiger partial charge in [0.2, 0.25) is 15.9 Å². The van der Waals surface area contributed by atoms with Crippen LogP contribution in [-0.2, 0) is 14.8 Å². The fourth-order valence-corrected chi connectivity index (χ4v) is 2.68. The quantitative estimate of drug-likeness (QED) is 0.884. The van der Waals surface area contributed by atoms with E-state index in [1.165, 1.54) is 0 Å². The number of aryl methyl sites for hydroxylation is 1. The molecule has 0 aliphatic carbocycles. The van der Waals surface area contributed by atoms with E-state index in [9.17, 15) is 17.6 Å². The van der Waals surface area contributed by atoms with Crippen LogP contribution in [0.25, 0.3) is 0 Å². The maximum Gasteiger partial charge on any atom is 0.241 e. The summed E-state index contributed by atoms with van der Waals surface area (Å²) in [5, 5.41) is 2.58. The smallest absolute Gasteiger partial charge is 0.241 e. The Morgan fingerprint density at radius 3 is 2.23 bits per heavy atom. The fraction of sp³-hybridized carbons (Fsp3) is 0.133. The van der Waals surface area contributed by atoms with Crippen LogP contribution in [-0.4, -0.2) is 20.9 Å². The lowest BCUT2D eigenvalue weighted by Crippen LogP contribution is -2.32. The predicted octanol–water partition coefficient (Wildman–Crippen LogP) is 2.05.